The molecule has 0 saturated carbocycles. The lowest BCUT2D eigenvalue weighted by Crippen LogP contribution is -2.29. The van der Waals surface area contributed by atoms with Crippen LogP contribution in [-0.4, -0.2) is 19.8 Å². The lowest BCUT2D eigenvalue weighted by molar-refractivity contribution is 0.0440. The molecular weight excluding hydrogens is 250 g/mol. The molecule has 98 valence electrons. The van der Waals surface area contributed by atoms with E-state index in [9.17, 15) is 0 Å². The molecule has 2 atom stereocenters. The van der Waals surface area contributed by atoms with Gasteiger partial charge in [0.05, 0.1) is 17.2 Å². The first kappa shape index (κ1) is 13.4. The molecule has 2 aromatic rings. The Labute approximate surface area is 112 Å². The third-order valence-electron chi connectivity index (χ3n) is 3.03. The Morgan fingerprint density at radius 1 is 1.44 bits per heavy atom. The predicted molar refractivity (Wildman–Crippen MR) is 74.1 cm³/mol. The van der Waals surface area contributed by atoms with Crippen molar-refractivity contribution in [1.29, 1.82) is 0 Å². The number of nitrogens with one attached hydrogen (secondary N) is 1. The Kier molecular flexibility index (Phi) is 4.27. The fraction of sp³-hybridized carbons (Fsp3) is 0.429. The second kappa shape index (κ2) is 5.74. The number of fused-ring (bicyclic) bond motifs is 1. The molecule has 0 aliphatic heterocycles. The van der Waals surface area contributed by atoms with E-state index in [1.165, 1.54) is 0 Å². The first-order chi connectivity index (χ1) is 8.67. The lowest BCUT2D eigenvalue weighted by atomic mass is 10.1. The van der Waals surface area contributed by atoms with Gasteiger partial charge in [-0.05, 0) is 33.0 Å². The van der Waals surface area contributed by atoms with Gasteiger partial charge in [0.2, 0.25) is 0 Å². The maximum absolute atomic E-state index is 6.11. The van der Waals surface area contributed by atoms with Crippen LogP contribution in [0.1, 0.15) is 25.6 Å². The van der Waals surface area contributed by atoms with Crippen LogP contribution in [0.15, 0.2) is 28.7 Å². The number of rotatable bonds is 5. The highest BCUT2D eigenvalue weighted by Crippen LogP contribution is 2.30. The maximum atomic E-state index is 6.11. The van der Waals surface area contributed by atoms with Gasteiger partial charge in [-0.3, -0.25) is 0 Å². The molecular formula is C14H18ClNO2. The second-order valence-corrected chi connectivity index (χ2v) is 4.64. The van der Waals surface area contributed by atoms with Crippen LogP contribution < -0.4 is 5.32 Å². The molecule has 1 aromatic heterocycles. The van der Waals surface area contributed by atoms with E-state index < -0.39 is 0 Å². The number of furan rings is 1. The number of benzene rings is 1. The fourth-order valence-electron chi connectivity index (χ4n) is 2.17. The summed E-state index contributed by atoms with van der Waals surface area (Å²) in [5.41, 5.74) is 0.734. The van der Waals surface area contributed by atoms with Crippen molar-refractivity contribution in [2.24, 2.45) is 0 Å². The summed E-state index contributed by atoms with van der Waals surface area (Å²) in [7, 11) is 1.90. The number of ether oxygens (including phenoxy) is 1. The van der Waals surface area contributed by atoms with Crippen molar-refractivity contribution >= 4 is 22.6 Å². The average molecular weight is 268 g/mol. The molecule has 0 saturated heterocycles. The summed E-state index contributed by atoms with van der Waals surface area (Å²) < 4.78 is 11.5. The third-order valence-corrected chi connectivity index (χ3v) is 3.33. The zero-order valence-corrected chi connectivity index (χ0v) is 11.6. The SMILES string of the molecule is CCOC(C)C(NC)c1cc2cccc(Cl)c2o1. The standard InChI is InChI=1S/C14H18ClNO2/c1-4-17-9(2)13(16-3)12-8-10-6-5-7-11(15)14(10)18-12/h5-9,13,16H,4H2,1-3H3. The van der Waals surface area contributed by atoms with Crippen LogP contribution >= 0.6 is 11.6 Å². The Hall–Kier alpha value is -1.03. The quantitative estimate of drug-likeness (QED) is 0.895. The van der Waals surface area contributed by atoms with Gasteiger partial charge in [-0.1, -0.05) is 23.7 Å². The van der Waals surface area contributed by atoms with E-state index in [0.717, 1.165) is 16.7 Å². The van der Waals surface area contributed by atoms with Crippen LogP contribution in [0.25, 0.3) is 11.0 Å². The molecule has 2 unspecified atom stereocenters. The number of para-hydroxylation sites is 1. The van der Waals surface area contributed by atoms with Gasteiger partial charge in [0.25, 0.3) is 0 Å². The number of halogens is 1. The zero-order chi connectivity index (χ0) is 13.1. The molecule has 0 spiro atoms. The highest BCUT2D eigenvalue weighted by atomic mass is 35.5. The summed E-state index contributed by atoms with van der Waals surface area (Å²) in [4.78, 5) is 0. The van der Waals surface area contributed by atoms with Crippen LogP contribution in [-0.2, 0) is 4.74 Å². The van der Waals surface area contributed by atoms with Crippen molar-refractivity contribution in [2.45, 2.75) is 26.0 Å². The summed E-state index contributed by atoms with van der Waals surface area (Å²) in [6.45, 7) is 4.69. The van der Waals surface area contributed by atoms with Crippen LogP contribution in [0, 0.1) is 0 Å². The number of hydrogen-bond donors (Lipinski definition) is 1. The van der Waals surface area contributed by atoms with Crippen LogP contribution in [0.4, 0.5) is 0 Å². The molecule has 0 aliphatic carbocycles. The van der Waals surface area contributed by atoms with Gasteiger partial charge in [-0.15, -0.1) is 0 Å². The summed E-state index contributed by atoms with van der Waals surface area (Å²) in [6, 6.07) is 7.78. The first-order valence-electron chi connectivity index (χ1n) is 6.14. The third kappa shape index (κ3) is 2.53. The summed E-state index contributed by atoms with van der Waals surface area (Å²) in [5, 5.41) is 4.87. The predicted octanol–water partition coefficient (Wildman–Crippen LogP) is 3.77. The molecule has 2 rings (SSSR count). The van der Waals surface area contributed by atoms with E-state index in [1.54, 1.807) is 0 Å². The number of likely N-dealkylation sites (N-methyl/N-ethyl adjacent to an activating group) is 1. The van der Waals surface area contributed by atoms with E-state index in [1.807, 2.05) is 45.2 Å². The first-order valence-corrected chi connectivity index (χ1v) is 6.52. The van der Waals surface area contributed by atoms with Gasteiger partial charge >= 0.3 is 0 Å². The summed E-state index contributed by atoms with van der Waals surface area (Å²) in [5.74, 6) is 0.849. The van der Waals surface area contributed by atoms with Crippen LogP contribution in [0.3, 0.4) is 0 Å². The fourth-order valence-corrected chi connectivity index (χ4v) is 2.39. The molecule has 1 N–H and O–H groups in total. The van der Waals surface area contributed by atoms with Gasteiger partial charge in [0.15, 0.2) is 5.58 Å². The molecule has 3 nitrogen and oxygen atoms in total. The molecule has 0 bridgehead atoms. The minimum atomic E-state index is 0.0217. The van der Waals surface area contributed by atoms with Gasteiger partial charge in [-0.2, -0.15) is 0 Å². The highest BCUT2D eigenvalue weighted by molar-refractivity contribution is 6.34. The van der Waals surface area contributed by atoms with Crippen molar-refractivity contribution in [1.82, 2.24) is 5.32 Å². The van der Waals surface area contributed by atoms with Gasteiger partial charge in [-0.25, -0.2) is 0 Å². The molecule has 1 heterocycles. The maximum Gasteiger partial charge on any atom is 0.152 e. The van der Waals surface area contributed by atoms with E-state index in [-0.39, 0.29) is 12.1 Å². The summed E-state index contributed by atoms with van der Waals surface area (Å²) >= 11 is 6.11. The van der Waals surface area contributed by atoms with E-state index in [4.69, 9.17) is 20.8 Å². The van der Waals surface area contributed by atoms with E-state index in [2.05, 4.69) is 5.32 Å². The van der Waals surface area contributed by atoms with Gasteiger partial charge < -0.3 is 14.5 Å². The molecule has 0 amide bonds. The molecule has 0 fully saturated rings. The molecule has 0 aliphatic rings. The highest BCUT2D eigenvalue weighted by Gasteiger charge is 2.22. The van der Waals surface area contributed by atoms with Crippen molar-refractivity contribution in [2.75, 3.05) is 13.7 Å². The monoisotopic (exact) mass is 267 g/mol. The topological polar surface area (TPSA) is 34.4 Å². The molecule has 18 heavy (non-hydrogen) atoms. The minimum Gasteiger partial charge on any atom is -0.458 e. The molecule has 4 heteroatoms. The normalized spacial score (nSPS) is 14.9. The lowest BCUT2D eigenvalue weighted by Gasteiger charge is -2.21. The Balaban J connectivity index is 2.37. The second-order valence-electron chi connectivity index (χ2n) is 4.23. The van der Waals surface area contributed by atoms with Crippen molar-refractivity contribution in [3.63, 3.8) is 0 Å². The van der Waals surface area contributed by atoms with Crippen LogP contribution in [0.5, 0.6) is 0 Å². The summed E-state index contributed by atoms with van der Waals surface area (Å²) in [6.07, 6.45) is 0.0411. The van der Waals surface area contributed by atoms with Crippen molar-refractivity contribution < 1.29 is 9.15 Å². The van der Waals surface area contributed by atoms with Gasteiger partial charge in [0.1, 0.15) is 5.76 Å². The van der Waals surface area contributed by atoms with E-state index in [0.29, 0.717) is 11.6 Å². The largest absolute Gasteiger partial charge is 0.458 e. The Morgan fingerprint density at radius 3 is 2.83 bits per heavy atom. The molecule has 0 radical (unpaired) electrons. The van der Waals surface area contributed by atoms with Crippen molar-refractivity contribution in [3.05, 3.63) is 35.0 Å². The Bertz CT molecular complexity index is 523. The minimum absolute atomic E-state index is 0.0217. The molecule has 1 aromatic carbocycles. The number of hydrogen-bond acceptors (Lipinski definition) is 3. The van der Waals surface area contributed by atoms with Crippen LogP contribution in [0.2, 0.25) is 5.02 Å². The van der Waals surface area contributed by atoms with Gasteiger partial charge in [0, 0.05) is 12.0 Å². The average Bonchev–Trinajstić information content (AvgIpc) is 2.75. The smallest absolute Gasteiger partial charge is 0.152 e. The Morgan fingerprint density at radius 2 is 2.22 bits per heavy atom. The zero-order valence-electron chi connectivity index (χ0n) is 10.9. The van der Waals surface area contributed by atoms with Crippen molar-refractivity contribution in [3.8, 4) is 0 Å². The van der Waals surface area contributed by atoms with E-state index >= 15 is 0 Å².